The Morgan fingerprint density at radius 2 is 2.07 bits per heavy atom. The molecule has 27 heavy (non-hydrogen) atoms. The summed E-state index contributed by atoms with van der Waals surface area (Å²) in [7, 11) is 0. The van der Waals surface area contributed by atoms with Crippen LogP contribution >= 0.6 is 11.3 Å². The predicted molar refractivity (Wildman–Crippen MR) is 103 cm³/mol. The van der Waals surface area contributed by atoms with Crippen molar-refractivity contribution in [2.45, 2.75) is 26.3 Å². The van der Waals surface area contributed by atoms with Crippen molar-refractivity contribution in [3.63, 3.8) is 0 Å². The molecule has 3 aromatic heterocycles. The van der Waals surface area contributed by atoms with Crippen molar-refractivity contribution in [2.75, 3.05) is 5.43 Å². The average Bonchev–Trinajstić information content (AvgIpc) is 3.23. The highest BCUT2D eigenvalue weighted by Crippen LogP contribution is 2.15. The predicted octanol–water partition coefficient (Wildman–Crippen LogP) is 2.22. The standard InChI is InChI=1S/C18H16N4O4S/c1-11-19-16-12(8-10-27-16)17(24)22(11)20-15(23)7-4-9-21-13-5-2-3-6-14(13)26-18(21)25/h2-3,5-6,8,10H,4,7,9H2,1H3,(H,20,23). The molecule has 1 N–H and O–H groups in total. The van der Waals surface area contributed by atoms with E-state index < -0.39 is 5.76 Å². The molecule has 0 unspecified atom stereocenters. The van der Waals surface area contributed by atoms with Crippen molar-refractivity contribution >= 4 is 38.6 Å². The van der Waals surface area contributed by atoms with Crippen LogP contribution in [0.2, 0.25) is 0 Å². The zero-order chi connectivity index (χ0) is 19.0. The van der Waals surface area contributed by atoms with Gasteiger partial charge in [0.25, 0.3) is 5.56 Å². The quantitative estimate of drug-likeness (QED) is 0.569. The Hall–Kier alpha value is -3.20. The van der Waals surface area contributed by atoms with Crippen molar-refractivity contribution in [1.82, 2.24) is 14.2 Å². The molecule has 9 heteroatoms. The summed E-state index contributed by atoms with van der Waals surface area (Å²) in [6, 6.07) is 8.83. The molecule has 0 spiro atoms. The molecule has 1 amide bonds. The summed E-state index contributed by atoms with van der Waals surface area (Å²) >= 11 is 1.38. The number of aromatic nitrogens is 3. The van der Waals surface area contributed by atoms with Gasteiger partial charge in [0.05, 0.1) is 10.9 Å². The lowest BCUT2D eigenvalue weighted by atomic mass is 10.3. The molecule has 0 saturated carbocycles. The van der Waals surface area contributed by atoms with Gasteiger partial charge in [0.2, 0.25) is 5.91 Å². The number of para-hydroxylation sites is 2. The lowest BCUT2D eigenvalue weighted by Gasteiger charge is -2.11. The number of rotatable bonds is 5. The normalized spacial score (nSPS) is 11.3. The molecule has 0 aliphatic heterocycles. The molecule has 4 aromatic rings. The fourth-order valence-corrected chi connectivity index (χ4v) is 3.75. The number of fused-ring (bicyclic) bond motifs is 2. The van der Waals surface area contributed by atoms with Crippen LogP contribution in [0.4, 0.5) is 0 Å². The number of nitrogens with zero attached hydrogens (tertiary/aromatic N) is 3. The van der Waals surface area contributed by atoms with E-state index in [0.717, 1.165) is 4.68 Å². The van der Waals surface area contributed by atoms with Crippen molar-refractivity contribution < 1.29 is 9.21 Å². The van der Waals surface area contributed by atoms with E-state index in [2.05, 4.69) is 10.4 Å². The van der Waals surface area contributed by atoms with Crippen LogP contribution in [0.3, 0.4) is 0 Å². The molecule has 0 aliphatic carbocycles. The fraction of sp³-hybridized carbons (Fsp3) is 0.222. The second-order valence-electron chi connectivity index (χ2n) is 6.06. The number of benzene rings is 1. The Balaban J connectivity index is 1.45. The molecule has 3 heterocycles. The summed E-state index contributed by atoms with van der Waals surface area (Å²) in [4.78, 5) is 41.6. The highest BCUT2D eigenvalue weighted by Gasteiger charge is 2.13. The summed E-state index contributed by atoms with van der Waals surface area (Å²) in [6.07, 6.45) is 0.580. The molecule has 8 nitrogen and oxygen atoms in total. The van der Waals surface area contributed by atoms with Crippen molar-refractivity contribution in [2.24, 2.45) is 0 Å². The third-order valence-electron chi connectivity index (χ3n) is 4.26. The molecular weight excluding hydrogens is 368 g/mol. The number of amides is 1. The zero-order valence-electron chi connectivity index (χ0n) is 14.5. The maximum atomic E-state index is 12.5. The maximum absolute atomic E-state index is 12.5. The first-order valence-corrected chi connectivity index (χ1v) is 9.27. The first-order chi connectivity index (χ1) is 13.0. The van der Waals surface area contributed by atoms with Gasteiger partial charge in [-0.05, 0) is 36.9 Å². The number of oxazole rings is 1. The topological polar surface area (TPSA) is 99.1 Å². The number of hydrogen-bond donors (Lipinski definition) is 1. The summed E-state index contributed by atoms with van der Waals surface area (Å²) in [6.45, 7) is 2.01. The third-order valence-corrected chi connectivity index (χ3v) is 5.07. The summed E-state index contributed by atoms with van der Waals surface area (Å²) in [5, 5.41) is 2.26. The van der Waals surface area contributed by atoms with Crippen LogP contribution in [-0.2, 0) is 11.3 Å². The van der Waals surface area contributed by atoms with Gasteiger partial charge in [-0.2, -0.15) is 0 Å². The molecule has 0 aliphatic rings. The molecule has 1 aromatic carbocycles. The molecule has 0 atom stereocenters. The number of carbonyl (C=O) groups excluding carboxylic acids is 1. The second-order valence-corrected chi connectivity index (χ2v) is 6.96. The Morgan fingerprint density at radius 1 is 1.26 bits per heavy atom. The van der Waals surface area contributed by atoms with Crippen molar-refractivity contribution in [3.8, 4) is 0 Å². The van der Waals surface area contributed by atoms with E-state index in [1.807, 2.05) is 6.07 Å². The maximum Gasteiger partial charge on any atom is 0.419 e. The van der Waals surface area contributed by atoms with Crippen molar-refractivity contribution in [1.29, 1.82) is 0 Å². The van der Waals surface area contributed by atoms with Crippen LogP contribution in [0.1, 0.15) is 18.7 Å². The Bertz CT molecular complexity index is 1260. The molecule has 4 rings (SSSR count). The minimum absolute atomic E-state index is 0.152. The van der Waals surface area contributed by atoms with Gasteiger partial charge in [0.15, 0.2) is 5.58 Å². The minimum atomic E-state index is -0.448. The van der Waals surface area contributed by atoms with E-state index in [4.69, 9.17) is 4.42 Å². The minimum Gasteiger partial charge on any atom is -0.408 e. The van der Waals surface area contributed by atoms with Gasteiger partial charge in [-0.25, -0.2) is 14.5 Å². The number of hydrogen-bond acceptors (Lipinski definition) is 6. The first-order valence-electron chi connectivity index (χ1n) is 8.39. The van der Waals surface area contributed by atoms with E-state index in [1.54, 1.807) is 36.6 Å². The highest BCUT2D eigenvalue weighted by atomic mass is 32.1. The lowest BCUT2D eigenvalue weighted by Crippen LogP contribution is -2.35. The molecule has 138 valence electrons. The summed E-state index contributed by atoms with van der Waals surface area (Å²) in [5.41, 5.74) is 3.50. The van der Waals surface area contributed by atoms with Gasteiger partial charge >= 0.3 is 5.76 Å². The molecular formula is C18H16N4O4S. The van der Waals surface area contributed by atoms with Crippen LogP contribution in [-0.4, -0.2) is 20.1 Å². The number of aryl methyl sites for hydroxylation is 2. The van der Waals surface area contributed by atoms with Crippen LogP contribution in [0.25, 0.3) is 21.3 Å². The molecule has 0 fully saturated rings. The van der Waals surface area contributed by atoms with Crippen LogP contribution in [0, 0.1) is 6.92 Å². The van der Waals surface area contributed by atoms with E-state index in [0.29, 0.717) is 40.1 Å². The molecule has 0 bridgehead atoms. The fourth-order valence-electron chi connectivity index (χ4n) is 2.95. The number of carbonyl (C=O) groups is 1. The van der Waals surface area contributed by atoms with Crippen LogP contribution in [0.5, 0.6) is 0 Å². The van der Waals surface area contributed by atoms with Gasteiger partial charge in [0, 0.05) is 13.0 Å². The van der Waals surface area contributed by atoms with Gasteiger partial charge in [0.1, 0.15) is 10.7 Å². The smallest absolute Gasteiger partial charge is 0.408 e. The summed E-state index contributed by atoms with van der Waals surface area (Å²) < 4.78 is 7.83. The SMILES string of the molecule is Cc1nc2sccc2c(=O)n1NC(=O)CCCn1c(=O)oc2ccccc21. The molecule has 0 radical (unpaired) electrons. The van der Waals surface area contributed by atoms with E-state index in [9.17, 15) is 14.4 Å². The first kappa shape index (κ1) is 17.2. The van der Waals surface area contributed by atoms with Gasteiger partial charge in [-0.15, -0.1) is 11.3 Å². The zero-order valence-corrected chi connectivity index (χ0v) is 15.3. The van der Waals surface area contributed by atoms with Crippen LogP contribution in [0.15, 0.2) is 49.7 Å². The lowest BCUT2D eigenvalue weighted by molar-refractivity contribution is -0.117. The van der Waals surface area contributed by atoms with Gasteiger partial charge in [-0.3, -0.25) is 19.6 Å². The Kier molecular flexibility index (Phi) is 4.36. The highest BCUT2D eigenvalue weighted by molar-refractivity contribution is 7.16. The average molecular weight is 384 g/mol. The number of nitrogens with one attached hydrogen (secondary N) is 1. The Labute approximate surface area is 156 Å². The Morgan fingerprint density at radius 3 is 2.93 bits per heavy atom. The molecule has 0 saturated heterocycles. The van der Waals surface area contributed by atoms with E-state index in [-0.39, 0.29) is 17.9 Å². The van der Waals surface area contributed by atoms with Gasteiger partial charge in [-0.1, -0.05) is 12.1 Å². The third kappa shape index (κ3) is 3.17. The second kappa shape index (κ2) is 6.84. The van der Waals surface area contributed by atoms with Gasteiger partial charge < -0.3 is 4.42 Å². The number of thiophene rings is 1. The van der Waals surface area contributed by atoms with E-state index in [1.165, 1.54) is 15.9 Å². The monoisotopic (exact) mass is 384 g/mol. The summed E-state index contributed by atoms with van der Waals surface area (Å²) in [5.74, 6) is -0.353. The largest absolute Gasteiger partial charge is 0.419 e. The van der Waals surface area contributed by atoms with Crippen LogP contribution < -0.4 is 16.7 Å². The van der Waals surface area contributed by atoms with Crippen molar-refractivity contribution in [3.05, 3.63) is 62.4 Å². The van der Waals surface area contributed by atoms with E-state index >= 15 is 0 Å².